The molecule has 0 aliphatic carbocycles. The molecule has 0 saturated heterocycles. The predicted octanol–water partition coefficient (Wildman–Crippen LogP) is 7.30. The lowest BCUT2D eigenvalue weighted by Gasteiger charge is -2.15. The number of para-hydroxylation sites is 1. The van der Waals surface area contributed by atoms with E-state index in [9.17, 15) is 4.79 Å². The van der Waals surface area contributed by atoms with E-state index in [-0.39, 0.29) is 12.5 Å². The summed E-state index contributed by atoms with van der Waals surface area (Å²) < 4.78 is 14.2. The first-order chi connectivity index (χ1) is 17.3. The van der Waals surface area contributed by atoms with Gasteiger partial charge in [0.05, 0.1) is 33.2 Å². The zero-order valence-electron chi connectivity index (χ0n) is 19.9. The molecule has 3 aromatic carbocycles. The van der Waals surface area contributed by atoms with Gasteiger partial charge in [0.15, 0.2) is 18.1 Å². The van der Waals surface area contributed by atoms with Gasteiger partial charge >= 0.3 is 0 Å². The number of nitrogens with one attached hydrogen (secondary N) is 2. The largest absolute Gasteiger partial charge is 0.490 e. The minimum atomic E-state index is -0.279. The first-order valence-corrected chi connectivity index (χ1v) is 13.5. The Balaban J connectivity index is 1.43. The molecule has 0 atom stereocenters. The first-order valence-electron chi connectivity index (χ1n) is 11.1. The quantitative estimate of drug-likeness (QED) is 0.150. The molecule has 0 bridgehead atoms. The number of fused-ring (bicyclic) bond motifs is 1. The maximum absolute atomic E-state index is 12.6. The molecule has 1 amide bonds. The molecule has 0 saturated carbocycles. The van der Waals surface area contributed by atoms with Crippen LogP contribution >= 0.6 is 43.2 Å². The van der Waals surface area contributed by atoms with E-state index >= 15 is 0 Å². The van der Waals surface area contributed by atoms with Crippen LogP contribution in [0.2, 0.25) is 0 Å². The minimum Gasteiger partial charge on any atom is -0.490 e. The van der Waals surface area contributed by atoms with Crippen molar-refractivity contribution < 1.29 is 14.3 Å². The average molecular weight is 632 g/mol. The second-order valence-electron chi connectivity index (χ2n) is 7.87. The third-order valence-electron chi connectivity index (χ3n) is 5.20. The Morgan fingerprint density at radius 3 is 2.64 bits per heavy atom. The van der Waals surface area contributed by atoms with Crippen LogP contribution in [0.15, 0.2) is 62.6 Å². The molecule has 10 heteroatoms. The van der Waals surface area contributed by atoms with Gasteiger partial charge in [0.2, 0.25) is 5.13 Å². The lowest BCUT2D eigenvalue weighted by atomic mass is 10.1. The van der Waals surface area contributed by atoms with Crippen molar-refractivity contribution in [2.24, 2.45) is 5.10 Å². The van der Waals surface area contributed by atoms with Crippen LogP contribution in [0.1, 0.15) is 23.6 Å². The van der Waals surface area contributed by atoms with Gasteiger partial charge in [-0.05, 0) is 106 Å². The van der Waals surface area contributed by atoms with E-state index in [0.29, 0.717) is 33.4 Å². The number of hydrogen-bond donors (Lipinski definition) is 2. The number of rotatable bonds is 9. The number of ether oxygens (including phenoxy) is 2. The van der Waals surface area contributed by atoms with Crippen LogP contribution in [0.3, 0.4) is 0 Å². The standard InChI is InChI=1S/C26H24Br2N4O3S/c1-4-34-22-12-17(13-29-32-26-31-20-7-5-6-8-23(20)36-26)11-19(28)25(22)35-14-24(33)30-21-10-16(3)15(2)9-18(21)27/h5-13H,4,14H2,1-3H3,(H,30,33)(H,31,32)/b29-13+. The summed E-state index contributed by atoms with van der Waals surface area (Å²) in [6, 6.07) is 15.5. The fourth-order valence-electron chi connectivity index (χ4n) is 3.35. The van der Waals surface area contributed by atoms with Gasteiger partial charge in [-0.25, -0.2) is 4.98 Å². The number of hydrogen-bond acceptors (Lipinski definition) is 7. The number of benzene rings is 3. The van der Waals surface area contributed by atoms with Gasteiger partial charge in [0, 0.05) is 4.47 Å². The molecule has 2 N–H and O–H groups in total. The second-order valence-corrected chi connectivity index (χ2v) is 10.6. The Labute approximate surface area is 230 Å². The molecule has 4 rings (SSSR count). The highest BCUT2D eigenvalue weighted by atomic mass is 79.9. The van der Waals surface area contributed by atoms with Crippen LogP contribution in [-0.4, -0.2) is 30.3 Å². The molecule has 0 spiro atoms. The van der Waals surface area contributed by atoms with Gasteiger partial charge < -0.3 is 14.8 Å². The summed E-state index contributed by atoms with van der Waals surface area (Å²) in [6.07, 6.45) is 1.67. The van der Waals surface area contributed by atoms with Crippen LogP contribution in [0, 0.1) is 13.8 Å². The van der Waals surface area contributed by atoms with Crippen molar-refractivity contribution in [2.45, 2.75) is 20.8 Å². The van der Waals surface area contributed by atoms with E-state index < -0.39 is 0 Å². The summed E-state index contributed by atoms with van der Waals surface area (Å²) in [5.41, 5.74) is 7.62. The number of aryl methyl sites for hydroxylation is 2. The van der Waals surface area contributed by atoms with Crippen molar-refractivity contribution in [1.82, 2.24) is 4.98 Å². The third kappa shape index (κ3) is 6.43. The van der Waals surface area contributed by atoms with Gasteiger partial charge in [-0.3, -0.25) is 10.2 Å². The number of nitrogens with zero attached hydrogens (tertiary/aromatic N) is 2. The molecule has 0 aliphatic rings. The Kier molecular flexibility index (Phi) is 8.60. The lowest BCUT2D eigenvalue weighted by molar-refractivity contribution is -0.118. The highest BCUT2D eigenvalue weighted by Crippen LogP contribution is 2.37. The number of anilines is 2. The zero-order chi connectivity index (χ0) is 25.7. The summed E-state index contributed by atoms with van der Waals surface area (Å²) in [5, 5.41) is 7.90. The first kappa shape index (κ1) is 26.1. The fraction of sp³-hybridized carbons (Fsp3) is 0.192. The summed E-state index contributed by atoms with van der Waals surface area (Å²) in [4.78, 5) is 17.1. The monoisotopic (exact) mass is 630 g/mol. The summed E-state index contributed by atoms with van der Waals surface area (Å²) in [5.74, 6) is 0.676. The van der Waals surface area contributed by atoms with E-state index in [1.807, 2.05) is 69.3 Å². The Morgan fingerprint density at radius 2 is 1.86 bits per heavy atom. The maximum Gasteiger partial charge on any atom is 0.262 e. The number of carbonyl (C=O) groups excluding carboxylic acids is 1. The van der Waals surface area contributed by atoms with Crippen molar-refractivity contribution in [3.63, 3.8) is 0 Å². The van der Waals surface area contributed by atoms with Gasteiger partial charge in [-0.1, -0.05) is 23.5 Å². The molecular formula is C26H24Br2N4O3S. The van der Waals surface area contributed by atoms with E-state index in [4.69, 9.17) is 9.47 Å². The number of thiazole rings is 1. The zero-order valence-corrected chi connectivity index (χ0v) is 23.9. The van der Waals surface area contributed by atoms with Crippen LogP contribution in [0.5, 0.6) is 11.5 Å². The number of hydrazone groups is 1. The highest BCUT2D eigenvalue weighted by molar-refractivity contribution is 9.11. The molecule has 0 unspecified atom stereocenters. The number of carbonyl (C=O) groups is 1. The summed E-state index contributed by atoms with van der Waals surface area (Å²) >= 11 is 8.57. The number of halogens is 2. The molecule has 1 heterocycles. The summed E-state index contributed by atoms with van der Waals surface area (Å²) in [7, 11) is 0. The number of aromatic nitrogens is 1. The van der Waals surface area contributed by atoms with E-state index in [0.717, 1.165) is 31.4 Å². The molecule has 0 aliphatic heterocycles. The maximum atomic E-state index is 12.6. The SMILES string of the molecule is CCOc1cc(/C=N/Nc2nc3ccccc3s2)cc(Br)c1OCC(=O)Nc1cc(C)c(C)cc1Br. The second kappa shape index (κ2) is 11.9. The van der Waals surface area contributed by atoms with Crippen molar-refractivity contribution >= 4 is 76.4 Å². The smallest absolute Gasteiger partial charge is 0.262 e. The molecular weight excluding hydrogens is 608 g/mol. The van der Waals surface area contributed by atoms with Gasteiger partial charge in [-0.2, -0.15) is 5.10 Å². The Bertz CT molecular complexity index is 1410. The molecule has 0 fully saturated rings. The van der Waals surface area contributed by atoms with Crippen LogP contribution in [-0.2, 0) is 4.79 Å². The average Bonchev–Trinajstić information content (AvgIpc) is 3.25. The van der Waals surface area contributed by atoms with Crippen molar-refractivity contribution in [3.8, 4) is 11.5 Å². The molecule has 1 aromatic heterocycles. The van der Waals surface area contributed by atoms with Crippen molar-refractivity contribution in [1.29, 1.82) is 0 Å². The van der Waals surface area contributed by atoms with Crippen LogP contribution in [0.4, 0.5) is 10.8 Å². The predicted molar refractivity (Wildman–Crippen MR) is 154 cm³/mol. The van der Waals surface area contributed by atoms with Crippen molar-refractivity contribution in [2.75, 3.05) is 24.0 Å². The van der Waals surface area contributed by atoms with Gasteiger partial charge in [0.1, 0.15) is 0 Å². The van der Waals surface area contributed by atoms with Gasteiger partial charge in [0.25, 0.3) is 5.91 Å². The molecule has 186 valence electrons. The Hall–Kier alpha value is -2.95. The van der Waals surface area contributed by atoms with Gasteiger partial charge in [-0.15, -0.1) is 0 Å². The topological polar surface area (TPSA) is 84.8 Å². The van der Waals surface area contributed by atoms with Crippen LogP contribution in [0.25, 0.3) is 10.2 Å². The molecule has 7 nitrogen and oxygen atoms in total. The van der Waals surface area contributed by atoms with E-state index in [1.54, 1.807) is 6.21 Å². The minimum absolute atomic E-state index is 0.176. The van der Waals surface area contributed by atoms with Crippen molar-refractivity contribution in [3.05, 3.63) is 74.2 Å². The Morgan fingerprint density at radius 1 is 1.08 bits per heavy atom. The molecule has 0 radical (unpaired) electrons. The highest BCUT2D eigenvalue weighted by Gasteiger charge is 2.15. The lowest BCUT2D eigenvalue weighted by Crippen LogP contribution is -2.21. The fourth-order valence-corrected chi connectivity index (χ4v) is 5.29. The van der Waals surface area contributed by atoms with E-state index in [1.165, 1.54) is 11.3 Å². The third-order valence-corrected chi connectivity index (χ3v) is 7.39. The number of amides is 1. The van der Waals surface area contributed by atoms with Crippen LogP contribution < -0.4 is 20.2 Å². The molecule has 4 aromatic rings. The van der Waals surface area contributed by atoms with E-state index in [2.05, 4.69) is 52.7 Å². The summed E-state index contributed by atoms with van der Waals surface area (Å²) in [6.45, 7) is 6.17. The molecule has 36 heavy (non-hydrogen) atoms. The normalized spacial score (nSPS) is 11.1.